The fourth-order valence-electron chi connectivity index (χ4n) is 3.37. The van der Waals surface area contributed by atoms with E-state index in [0.717, 1.165) is 20.6 Å². The van der Waals surface area contributed by atoms with Crippen LogP contribution < -0.4 is 16.6 Å². The molecule has 1 unspecified atom stereocenters. The van der Waals surface area contributed by atoms with Crippen molar-refractivity contribution in [3.8, 4) is 17.2 Å². The number of nitrogens with zero attached hydrogens (tertiary/aromatic N) is 5. The van der Waals surface area contributed by atoms with Crippen molar-refractivity contribution < 1.29 is 13.7 Å². The first kappa shape index (κ1) is 22.9. The van der Waals surface area contributed by atoms with Crippen LogP contribution in [0, 0.1) is 6.92 Å². The molecule has 0 aliphatic heterocycles. The summed E-state index contributed by atoms with van der Waals surface area (Å²) in [6.07, 6.45) is 2.90. The van der Waals surface area contributed by atoms with Gasteiger partial charge in [0, 0.05) is 19.0 Å². The summed E-state index contributed by atoms with van der Waals surface area (Å²) in [5.41, 5.74) is 0.0250. The maximum Gasteiger partial charge on any atom is 0.352 e. The Kier molecular flexibility index (Phi) is 6.53. The molecule has 34 heavy (non-hydrogen) atoms. The van der Waals surface area contributed by atoms with Crippen LogP contribution in [0.4, 0.5) is 0 Å². The molecule has 1 atom stereocenters. The molecule has 1 aromatic carbocycles. The molecule has 0 bridgehead atoms. The Labute approximate surface area is 194 Å². The first-order valence-electron chi connectivity index (χ1n) is 10.9. The van der Waals surface area contributed by atoms with E-state index in [4.69, 9.17) is 8.94 Å². The van der Waals surface area contributed by atoms with Crippen molar-refractivity contribution in [2.24, 2.45) is 0 Å². The van der Waals surface area contributed by atoms with Crippen LogP contribution >= 0.6 is 0 Å². The highest BCUT2D eigenvalue weighted by atomic mass is 16.5. The first-order valence-corrected chi connectivity index (χ1v) is 10.9. The van der Waals surface area contributed by atoms with Gasteiger partial charge in [-0.3, -0.25) is 14.2 Å². The second-order valence-corrected chi connectivity index (χ2v) is 7.84. The van der Waals surface area contributed by atoms with E-state index in [9.17, 15) is 14.4 Å². The van der Waals surface area contributed by atoms with E-state index < -0.39 is 17.2 Å². The van der Waals surface area contributed by atoms with E-state index in [1.165, 1.54) is 0 Å². The molecule has 0 saturated carbocycles. The Morgan fingerprint density at radius 1 is 1.18 bits per heavy atom. The summed E-state index contributed by atoms with van der Waals surface area (Å²) in [7, 11) is 0. The van der Waals surface area contributed by atoms with Crippen LogP contribution in [0.3, 0.4) is 0 Å². The minimum absolute atomic E-state index is 0.122. The van der Waals surface area contributed by atoms with Crippen molar-refractivity contribution in [3.63, 3.8) is 0 Å². The molecular formula is C23H24N6O5. The van der Waals surface area contributed by atoms with E-state index in [1.807, 2.05) is 32.0 Å². The Balaban J connectivity index is 1.59. The van der Waals surface area contributed by atoms with Gasteiger partial charge >= 0.3 is 17.5 Å². The highest BCUT2D eigenvalue weighted by Gasteiger charge is 2.23. The van der Waals surface area contributed by atoms with Crippen LogP contribution in [0.2, 0.25) is 0 Å². The third-order valence-corrected chi connectivity index (χ3v) is 5.27. The fourth-order valence-corrected chi connectivity index (χ4v) is 3.37. The van der Waals surface area contributed by atoms with Gasteiger partial charge in [-0.1, -0.05) is 22.9 Å². The number of carbonyl (C=O) groups is 1. The lowest BCUT2D eigenvalue weighted by Gasteiger charge is -2.11. The van der Waals surface area contributed by atoms with Gasteiger partial charge in [-0.05, 0) is 51.5 Å². The molecule has 3 heterocycles. The van der Waals surface area contributed by atoms with Crippen molar-refractivity contribution in [2.45, 2.75) is 46.2 Å². The normalized spacial score (nSPS) is 12.0. The van der Waals surface area contributed by atoms with Crippen LogP contribution in [0.15, 0.2) is 61.2 Å². The number of hydrogen-bond acceptors (Lipinski definition) is 8. The number of aryl methyl sites for hydroxylation is 2. The summed E-state index contributed by atoms with van der Waals surface area (Å²) in [4.78, 5) is 42.3. The molecule has 11 nitrogen and oxygen atoms in total. The number of furan rings is 1. The molecule has 0 aliphatic rings. The van der Waals surface area contributed by atoms with E-state index in [1.54, 1.807) is 31.4 Å². The Hall–Kier alpha value is -4.28. The van der Waals surface area contributed by atoms with Crippen LogP contribution in [0.25, 0.3) is 17.2 Å². The number of nitrogens with one attached hydrogen (secondary N) is 1. The smallest absolute Gasteiger partial charge is 0.352 e. The van der Waals surface area contributed by atoms with Crippen LogP contribution in [-0.4, -0.2) is 36.4 Å². The van der Waals surface area contributed by atoms with Crippen molar-refractivity contribution in [3.05, 3.63) is 80.7 Å². The zero-order valence-corrected chi connectivity index (χ0v) is 19.0. The lowest BCUT2D eigenvalue weighted by molar-refractivity contribution is 0.0893. The highest BCUT2D eigenvalue weighted by Crippen LogP contribution is 2.12. The molecule has 1 amide bonds. The average molecular weight is 464 g/mol. The summed E-state index contributed by atoms with van der Waals surface area (Å²) in [5.74, 6) is -0.241. The molecule has 176 valence electrons. The van der Waals surface area contributed by atoms with Gasteiger partial charge in [-0.15, -0.1) is 0 Å². The van der Waals surface area contributed by atoms with Crippen molar-refractivity contribution >= 4 is 5.91 Å². The lowest BCUT2D eigenvalue weighted by atomic mass is 10.1. The molecule has 11 heteroatoms. The maximum absolute atomic E-state index is 12.9. The van der Waals surface area contributed by atoms with Gasteiger partial charge < -0.3 is 14.3 Å². The van der Waals surface area contributed by atoms with Gasteiger partial charge in [-0.25, -0.2) is 4.79 Å². The number of rotatable bonds is 8. The molecule has 0 radical (unpaired) electrons. The number of benzene rings is 1. The minimum atomic E-state index is -0.671. The van der Waals surface area contributed by atoms with Gasteiger partial charge in [0.05, 0.1) is 12.0 Å². The third-order valence-electron chi connectivity index (χ3n) is 5.27. The summed E-state index contributed by atoms with van der Waals surface area (Å²) in [6, 6.07) is 10.6. The fraction of sp³-hybridized carbons (Fsp3) is 0.304. The number of hydrogen-bond donors (Lipinski definition) is 1. The van der Waals surface area contributed by atoms with Crippen LogP contribution in [0.5, 0.6) is 0 Å². The van der Waals surface area contributed by atoms with Crippen LogP contribution in [0.1, 0.15) is 42.3 Å². The SMILES string of the molecule is CCn1c(=O)c(-c2noc(C(=O)NC(C)CCc3ccco3)n2)nn(-c2ccc(C)cc2)c1=O. The lowest BCUT2D eigenvalue weighted by Crippen LogP contribution is -2.41. The second kappa shape index (κ2) is 9.69. The number of carbonyl (C=O) groups excluding carboxylic acids is 1. The summed E-state index contributed by atoms with van der Waals surface area (Å²) in [5, 5.41) is 10.7. The molecule has 0 fully saturated rings. The molecule has 0 spiro atoms. The summed E-state index contributed by atoms with van der Waals surface area (Å²) in [6.45, 7) is 5.56. The zero-order valence-electron chi connectivity index (χ0n) is 19.0. The number of aromatic nitrogens is 5. The zero-order chi connectivity index (χ0) is 24.2. The Morgan fingerprint density at radius 3 is 2.62 bits per heavy atom. The van der Waals surface area contributed by atoms with Gasteiger partial charge in [-0.2, -0.15) is 14.8 Å². The van der Waals surface area contributed by atoms with Gasteiger partial charge in [0.1, 0.15) is 5.76 Å². The monoisotopic (exact) mass is 464 g/mol. The maximum atomic E-state index is 12.9. The van der Waals surface area contributed by atoms with E-state index in [2.05, 4.69) is 20.6 Å². The minimum Gasteiger partial charge on any atom is -0.469 e. The first-order chi connectivity index (χ1) is 16.4. The molecule has 1 N–H and O–H groups in total. The van der Waals surface area contributed by atoms with E-state index >= 15 is 0 Å². The van der Waals surface area contributed by atoms with Crippen molar-refractivity contribution in [2.75, 3.05) is 0 Å². The Morgan fingerprint density at radius 2 is 1.94 bits per heavy atom. The molecule has 4 aromatic rings. The quantitative estimate of drug-likeness (QED) is 0.418. The van der Waals surface area contributed by atoms with Gasteiger partial charge in [0.2, 0.25) is 5.82 Å². The second-order valence-electron chi connectivity index (χ2n) is 7.84. The molecule has 4 rings (SSSR count). The van der Waals surface area contributed by atoms with E-state index in [-0.39, 0.29) is 30.0 Å². The van der Waals surface area contributed by atoms with Crippen molar-refractivity contribution in [1.29, 1.82) is 0 Å². The van der Waals surface area contributed by atoms with Crippen molar-refractivity contribution in [1.82, 2.24) is 29.8 Å². The van der Waals surface area contributed by atoms with Crippen LogP contribution in [-0.2, 0) is 13.0 Å². The summed E-state index contributed by atoms with van der Waals surface area (Å²) < 4.78 is 12.5. The van der Waals surface area contributed by atoms with Gasteiger partial charge in [0.25, 0.3) is 5.56 Å². The molecule has 0 aliphatic carbocycles. The standard InChI is InChI=1S/C23H24N6O5/c1-4-28-22(31)18(26-29(23(28)32)16-10-7-14(2)8-11-16)19-25-21(34-27-19)20(30)24-15(3)9-12-17-6-5-13-33-17/h5-8,10-11,13,15H,4,9,12H2,1-3H3,(H,24,30). The topological polar surface area (TPSA) is 138 Å². The Bertz CT molecular complexity index is 1400. The third kappa shape index (κ3) is 4.72. The number of amides is 1. The van der Waals surface area contributed by atoms with Gasteiger partial charge in [0.15, 0.2) is 5.69 Å². The predicted molar refractivity (Wildman–Crippen MR) is 122 cm³/mol. The average Bonchev–Trinajstić information content (AvgIpc) is 3.52. The molecule has 3 aromatic heterocycles. The highest BCUT2D eigenvalue weighted by molar-refractivity contribution is 5.90. The summed E-state index contributed by atoms with van der Waals surface area (Å²) >= 11 is 0. The largest absolute Gasteiger partial charge is 0.469 e. The molecular weight excluding hydrogens is 440 g/mol. The predicted octanol–water partition coefficient (Wildman–Crippen LogP) is 2.12. The molecule has 0 saturated heterocycles. The van der Waals surface area contributed by atoms with E-state index in [0.29, 0.717) is 18.5 Å².